The van der Waals surface area contributed by atoms with E-state index in [4.69, 9.17) is 31.3 Å². The van der Waals surface area contributed by atoms with Gasteiger partial charge in [-0.15, -0.1) is 0 Å². The molecule has 360 valence electrons. The number of halogens is 1. The van der Waals surface area contributed by atoms with Gasteiger partial charge in [-0.2, -0.15) is 9.36 Å². The lowest BCUT2D eigenvalue weighted by Gasteiger charge is -2.14. The van der Waals surface area contributed by atoms with Gasteiger partial charge in [-0.05, 0) is 119 Å². The Morgan fingerprint density at radius 2 is 0.959 bits per heavy atom. The zero-order valence-electron chi connectivity index (χ0n) is 41.1. The molecule has 0 aliphatic carbocycles. The quantitative estimate of drug-likeness (QED) is 0.0646. The fourth-order valence-electron chi connectivity index (χ4n) is 9.81. The molecule has 74 heavy (non-hydrogen) atoms. The molecule has 8 aromatic heterocycles. The normalized spacial score (nSPS) is 11.9. The Bertz CT molecular complexity index is 4060. The standard InChI is InChI=1S/C60H48ClN11O2/c1-69-27-17-37(18-28-69)55-46-9-11-48(65-46)56(38-19-29-70(2)30-20-38)50-13-15-52(67-50)58(53-16-14-51(68-53)57(49-12-10-47(55)66-49)39-21-31-71(3)32-22-39)40-23-33-72(34-24-40)60(73)63-26-25-62-59-43-7-5-41(61)35-54(43)64-45-8-6-42(74-4)36-44(45)59/h5-24,27-36H,25-26H2,1-4H3,(H2-,62,63,64,65,66,67,68,73)/q+2/p+2. The lowest BCUT2D eigenvalue weighted by molar-refractivity contribution is -0.671. The van der Waals surface area contributed by atoms with Crippen LogP contribution in [-0.2, 0) is 21.1 Å². The number of anilines is 1. The molecular weight excluding hydrogens is 942 g/mol. The number of pyridine rings is 5. The molecule has 4 N–H and O–H groups in total. The minimum atomic E-state index is -0.269. The van der Waals surface area contributed by atoms with E-state index in [1.54, 1.807) is 24.1 Å². The van der Waals surface area contributed by atoms with Crippen LogP contribution >= 0.6 is 11.6 Å². The molecule has 0 saturated heterocycles. The lowest BCUT2D eigenvalue weighted by atomic mass is 10.0. The molecular formula is C60H50ClN11O2+4. The molecule has 0 fully saturated rings. The largest absolute Gasteiger partial charge is 0.497 e. The summed E-state index contributed by atoms with van der Waals surface area (Å²) in [5.41, 5.74) is 17.0. The zero-order valence-corrected chi connectivity index (χ0v) is 41.8. The number of carbonyl (C=O) groups is 1. The minimum absolute atomic E-state index is 0.269. The van der Waals surface area contributed by atoms with Gasteiger partial charge in [0.2, 0.25) is 0 Å². The number of benzene rings is 2. The second-order valence-electron chi connectivity index (χ2n) is 18.4. The van der Waals surface area contributed by atoms with Crippen LogP contribution in [0.1, 0.15) is 22.8 Å². The highest BCUT2D eigenvalue weighted by Crippen LogP contribution is 2.39. The molecule has 2 aliphatic heterocycles. The summed E-state index contributed by atoms with van der Waals surface area (Å²) in [6, 6.07) is 36.3. The maximum atomic E-state index is 13.8. The third-order valence-corrected chi connectivity index (χ3v) is 13.8. The second kappa shape index (κ2) is 19.0. The van der Waals surface area contributed by atoms with E-state index in [1.165, 1.54) is 0 Å². The molecule has 10 aromatic rings. The van der Waals surface area contributed by atoms with E-state index in [9.17, 15) is 4.79 Å². The van der Waals surface area contributed by atoms with E-state index in [0.29, 0.717) is 18.1 Å². The summed E-state index contributed by atoms with van der Waals surface area (Å²) < 4.78 is 13.2. The number of ether oxygens (including phenoxy) is 1. The van der Waals surface area contributed by atoms with Crippen molar-refractivity contribution in [2.24, 2.45) is 21.1 Å². The van der Waals surface area contributed by atoms with Gasteiger partial charge in [0.25, 0.3) is 0 Å². The van der Waals surface area contributed by atoms with Gasteiger partial charge < -0.3 is 20.0 Å². The molecule has 0 radical (unpaired) electrons. The number of carbonyl (C=O) groups excluding carboxylic acids is 1. The van der Waals surface area contributed by atoms with Crippen molar-refractivity contribution < 1.29 is 27.8 Å². The molecule has 1 amide bonds. The van der Waals surface area contributed by atoms with Gasteiger partial charge in [-0.25, -0.2) is 34.0 Å². The Hall–Kier alpha value is -9.33. The van der Waals surface area contributed by atoms with Crippen LogP contribution in [0.3, 0.4) is 0 Å². The number of hydrogen-bond donors (Lipinski definition) is 4. The zero-order chi connectivity index (χ0) is 50.5. The number of hydrogen-bond acceptors (Lipinski definition) is 6. The number of nitrogens with one attached hydrogen (secondary N) is 4. The van der Waals surface area contributed by atoms with Crippen LogP contribution in [0.25, 0.3) is 113 Å². The molecule has 10 heterocycles. The Morgan fingerprint density at radius 1 is 0.514 bits per heavy atom. The van der Waals surface area contributed by atoms with Crippen molar-refractivity contribution in [1.82, 2.24) is 30.2 Å². The highest BCUT2D eigenvalue weighted by Gasteiger charge is 2.21. The molecule has 12 rings (SSSR count). The monoisotopic (exact) mass is 991 g/mol. The van der Waals surface area contributed by atoms with E-state index in [2.05, 4.69) is 143 Å². The highest BCUT2D eigenvalue weighted by molar-refractivity contribution is 6.31. The molecule has 8 bridgehead atoms. The predicted octanol–water partition coefficient (Wildman–Crippen LogP) is 10.1. The predicted molar refractivity (Wildman–Crippen MR) is 292 cm³/mol. The van der Waals surface area contributed by atoms with E-state index in [1.807, 2.05) is 83.4 Å². The Balaban J connectivity index is 0.966. The summed E-state index contributed by atoms with van der Waals surface area (Å²) >= 11 is 6.37. The van der Waals surface area contributed by atoms with Crippen LogP contribution in [0.5, 0.6) is 5.75 Å². The molecule has 14 heteroatoms. The molecule has 0 atom stereocenters. The number of fused-ring (bicyclic) bond motifs is 10. The first-order valence-electron chi connectivity index (χ1n) is 24.3. The first kappa shape index (κ1) is 45.8. The number of aromatic amines is 2. The summed E-state index contributed by atoms with van der Waals surface area (Å²) in [6.07, 6.45) is 24.3. The Labute approximate surface area is 431 Å². The average Bonchev–Trinajstić information content (AvgIpc) is 4.28. The van der Waals surface area contributed by atoms with Crippen molar-refractivity contribution >= 4 is 91.5 Å². The fraction of sp³-hybridized carbons (Fsp3) is 0.100. The van der Waals surface area contributed by atoms with Gasteiger partial charge in [0.05, 0.1) is 65.5 Å². The maximum Gasteiger partial charge on any atom is 0.495 e. The third kappa shape index (κ3) is 8.68. The SMILES string of the molecule is COc1ccc2nc3cc(Cl)ccc3c(NCCNC(=O)[n+]3ccc(-c4c5nc(c(-c6cc[n+](C)cc6)c6ccc([nH]6)c(-c6cc[n+](C)cc6)c6nc(c(-c7cc[n+](C)cc7)c7ccc4[nH]7)C=C6)C=C5)cc3)c2c1. The van der Waals surface area contributed by atoms with Gasteiger partial charge in [0, 0.05) is 96.5 Å². The van der Waals surface area contributed by atoms with E-state index in [0.717, 1.165) is 123 Å². The van der Waals surface area contributed by atoms with Crippen molar-refractivity contribution in [3.63, 3.8) is 0 Å². The summed E-state index contributed by atoms with van der Waals surface area (Å²) in [7, 11) is 7.69. The van der Waals surface area contributed by atoms with Crippen LogP contribution in [-0.4, -0.2) is 51.2 Å². The first-order valence-corrected chi connectivity index (χ1v) is 24.7. The number of amides is 1. The lowest BCUT2D eigenvalue weighted by Crippen LogP contribution is -2.50. The van der Waals surface area contributed by atoms with Gasteiger partial charge in [-0.1, -0.05) is 11.6 Å². The molecule has 2 aromatic carbocycles. The van der Waals surface area contributed by atoms with Crippen molar-refractivity contribution in [2.75, 3.05) is 25.5 Å². The first-order chi connectivity index (χ1) is 36.1. The summed E-state index contributed by atoms with van der Waals surface area (Å²) in [6.45, 7) is 0.803. The van der Waals surface area contributed by atoms with Gasteiger partial charge in [0.15, 0.2) is 37.2 Å². The number of aromatic nitrogens is 9. The van der Waals surface area contributed by atoms with Gasteiger partial charge >= 0.3 is 6.03 Å². The highest BCUT2D eigenvalue weighted by atomic mass is 35.5. The van der Waals surface area contributed by atoms with Crippen molar-refractivity contribution in [3.05, 3.63) is 187 Å². The maximum absolute atomic E-state index is 13.8. The van der Waals surface area contributed by atoms with Gasteiger partial charge in [-0.3, -0.25) is 0 Å². The van der Waals surface area contributed by atoms with Crippen LogP contribution in [0.15, 0.2) is 159 Å². The summed E-state index contributed by atoms with van der Waals surface area (Å²) in [5.74, 6) is 0.722. The van der Waals surface area contributed by atoms with Gasteiger partial charge in [0.1, 0.15) is 33.4 Å². The molecule has 13 nitrogen and oxygen atoms in total. The third-order valence-electron chi connectivity index (χ3n) is 13.6. The topological polar surface area (TPSA) is 136 Å². The van der Waals surface area contributed by atoms with E-state index < -0.39 is 0 Å². The van der Waals surface area contributed by atoms with E-state index >= 15 is 0 Å². The average molecular weight is 993 g/mol. The Morgan fingerprint density at radius 3 is 1.41 bits per heavy atom. The summed E-state index contributed by atoms with van der Waals surface area (Å²) in [5, 5.41) is 9.07. The van der Waals surface area contributed by atoms with Crippen LogP contribution in [0.2, 0.25) is 5.02 Å². The van der Waals surface area contributed by atoms with Crippen molar-refractivity contribution in [3.8, 4) is 50.3 Å². The molecule has 0 unspecified atom stereocenters. The number of H-pyrrole nitrogens is 2. The number of methoxy groups -OCH3 is 1. The molecule has 2 aliphatic rings. The summed E-state index contributed by atoms with van der Waals surface area (Å²) in [4.78, 5) is 37.2. The van der Waals surface area contributed by atoms with Crippen molar-refractivity contribution in [1.29, 1.82) is 0 Å². The Kier molecular flexibility index (Phi) is 11.8. The fourth-order valence-corrected chi connectivity index (χ4v) is 9.98. The molecule has 0 saturated carbocycles. The van der Waals surface area contributed by atoms with Crippen LogP contribution in [0, 0.1) is 0 Å². The number of rotatable bonds is 9. The molecule has 0 spiro atoms. The van der Waals surface area contributed by atoms with Crippen LogP contribution in [0.4, 0.5) is 10.5 Å². The van der Waals surface area contributed by atoms with Crippen LogP contribution < -0.4 is 33.6 Å². The minimum Gasteiger partial charge on any atom is -0.497 e. The van der Waals surface area contributed by atoms with Crippen molar-refractivity contribution in [2.45, 2.75) is 0 Å². The second-order valence-corrected chi connectivity index (χ2v) is 18.9. The smallest absolute Gasteiger partial charge is 0.495 e. The van der Waals surface area contributed by atoms with E-state index in [-0.39, 0.29) is 6.03 Å². The number of aryl methyl sites for hydroxylation is 3. The number of nitrogens with zero attached hydrogens (tertiary/aromatic N) is 7.